The van der Waals surface area contributed by atoms with Crippen molar-refractivity contribution in [3.63, 3.8) is 0 Å². The van der Waals surface area contributed by atoms with Crippen LogP contribution in [0, 0.1) is 5.92 Å². The van der Waals surface area contributed by atoms with E-state index < -0.39 is 5.97 Å². The third-order valence-electron chi connectivity index (χ3n) is 5.38. The lowest BCUT2D eigenvalue weighted by Gasteiger charge is -2.18. The molecule has 3 heterocycles. The predicted molar refractivity (Wildman–Crippen MR) is 108 cm³/mol. The molecule has 1 atom stereocenters. The molecule has 142 valence electrons. The number of carbonyl (C=O) groups is 1. The second kappa shape index (κ2) is 6.60. The van der Waals surface area contributed by atoms with E-state index in [4.69, 9.17) is 4.74 Å². The lowest BCUT2D eigenvalue weighted by atomic mass is 9.87. The van der Waals surface area contributed by atoms with Crippen molar-refractivity contribution in [1.29, 1.82) is 0 Å². The summed E-state index contributed by atoms with van der Waals surface area (Å²) in [5.74, 6) is 0.244. The molecule has 0 saturated heterocycles. The number of nitrogens with one attached hydrogen (secondary N) is 1. The first-order valence-corrected chi connectivity index (χ1v) is 10.2. The number of ether oxygens (including phenoxy) is 1. The summed E-state index contributed by atoms with van der Waals surface area (Å²) in [7, 11) is 0. The molecule has 0 fully saturated rings. The van der Waals surface area contributed by atoms with Gasteiger partial charge in [-0.15, -0.1) is 11.3 Å². The molecule has 1 aliphatic carbocycles. The molecule has 28 heavy (non-hydrogen) atoms. The fourth-order valence-electron chi connectivity index (χ4n) is 3.90. The number of hydrogen-bond donors (Lipinski definition) is 1. The second-order valence-electron chi connectivity index (χ2n) is 7.41. The van der Waals surface area contributed by atoms with Crippen LogP contribution in [-0.4, -0.2) is 20.3 Å². The van der Waals surface area contributed by atoms with Gasteiger partial charge in [-0.2, -0.15) is 0 Å². The lowest BCUT2D eigenvalue weighted by Crippen LogP contribution is -2.14. The summed E-state index contributed by atoms with van der Waals surface area (Å²) in [6.07, 6.45) is 4.95. The van der Waals surface area contributed by atoms with E-state index >= 15 is 0 Å². The SMILES string of the molecule is CC1CCc2[nH]c3ccc(C(=O)OCc4cc(=O)n5ccsc5n4)cc3c2C1. The maximum absolute atomic E-state index is 12.6. The number of benzene rings is 1. The molecule has 0 aliphatic heterocycles. The van der Waals surface area contributed by atoms with Gasteiger partial charge in [-0.25, -0.2) is 9.78 Å². The number of rotatable bonds is 3. The van der Waals surface area contributed by atoms with E-state index in [0.717, 1.165) is 23.7 Å². The summed E-state index contributed by atoms with van der Waals surface area (Å²) in [6.45, 7) is 2.24. The Morgan fingerprint density at radius 1 is 1.39 bits per heavy atom. The second-order valence-corrected chi connectivity index (χ2v) is 8.28. The highest BCUT2D eigenvalue weighted by molar-refractivity contribution is 7.15. The van der Waals surface area contributed by atoms with Gasteiger partial charge in [0.1, 0.15) is 6.61 Å². The topological polar surface area (TPSA) is 76.5 Å². The normalized spacial score (nSPS) is 16.4. The minimum absolute atomic E-state index is 0.0250. The molecule has 0 amide bonds. The Kier molecular flexibility index (Phi) is 4.05. The Morgan fingerprint density at radius 3 is 3.18 bits per heavy atom. The quantitative estimate of drug-likeness (QED) is 0.538. The predicted octanol–water partition coefficient (Wildman–Crippen LogP) is 3.72. The molecule has 7 heteroatoms. The Hall–Kier alpha value is -2.93. The van der Waals surface area contributed by atoms with Crippen LogP contribution in [0.15, 0.2) is 40.6 Å². The van der Waals surface area contributed by atoms with Crippen LogP contribution in [0.1, 0.15) is 40.7 Å². The molecule has 0 bridgehead atoms. The first kappa shape index (κ1) is 17.2. The van der Waals surface area contributed by atoms with Gasteiger partial charge < -0.3 is 9.72 Å². The summed E-state index contributed by atoms with van der Waals surface area (Å²) >= 11 is 1.37. The van der Waals surface area contributed by atoms with Crippen molar-refractivity contribution >= 4 is 33.2 Å². The van der Waals surface area contributed by atoms with Crippen molar-refractivity contribution in [2.75, 3.05) is 0 Å². The van der Waals surface area contributed by atoms with Gasteiger partial charge in [0.25, 0.3) is 5.56 Å². The number of H-pyrrole nitrogens is 1. The average molecular weight is 393 g/mol. The molecule has 4 aromatic rings. The molecule has 1 N–H and O–H groups in total. The maximum Gasteiger partial charge on any atom is 0.338 e. The van der Waals surface area contributed by atoms with Crippen LogP contribution in [-0.2, 0) is 24.2 Å². The number of hydrogen-bond acceptors (Lipinski definition) is 5. The van der Waals surface area contributed by atoms with Gasteiger partial charge in [0.2, 0.25) is 0 Å². The van der Waals surface area contributed by atoms with E-state index in [-0.39, 0.29) is 12.2 Å². The standard InChI is InChI=1S/C21H19N3O3S/c1-12-2-4-17-15(8-12)16-9-13(3-5-18(16)23-17)20(26)27-11-14-10-19(25)24-6-7-28-21(24)22-14/h3,5-7,9-10,12,23H,2,4,8,11H2,1H3. The number of aromatic nitrogens is 3. The summed E-state index contributed by atoms with van der Waals surface area (Å²) < 4.78 is 6.90. The molecular weight excluding hydrogens is 374 g/mol. The Labute approximate surface area is 164 Å². The Balaban J connectivity index is 1.39. The number of thiazole rings is 1. The summed E-state index contributed by atoms with van der Waals surface area (Å²) in [5, 5.41) is 2.90. The number of aryl methyl sites for hydroxylation is 1. The van der Waals surface area contributed by atoms with Crippen LogP contribution in [0.4, 0.5) is 0 Å². The van der Waals surface area contributed by atoms with Gasteiger partial charge in [-0.3, -0.25) is 9.20 Å². The van der Waals surface area contributed by atoms with Crippen molar-refractivity contribution in [2.45, 2.75) is 32.8 Å². The summed E-state index contributed by atoms with van der Waals surface area (Å²) in [4.78, 5) is 33.1. The van der Waals surface area contributed by atoms with E-state index in [0.29, 0.717) is 22.1 Å². The van der Waals surface area contributed by atoms with E-state index in [9.17, 15) is 9.59 Å². The first-order valence-electron chi connectivity index (χ1n) is 9.35. The van der Waals surface area contributed by atoms with Gasteiger partial charge in [0.05, 0.1) is 11.3 Å². The molecular formula is C21H19N3O3S. The molecule has 1 aliphatic rings. The number of nitrogens with zero attached hydrogens (tertiary/aromatic N) is 2. The lowest BCUT2D eigenvalue weighted by molar-refractivity contribution is 0.0468. The van der Waals surface area contributed by atoms with E-state index in [2.05, 4.69) is 16.9 Å². The Morgan fingerprint density at radius 2 is 2.29 bits per heavy atom. The molecule has 3 aromatic heterocycles. The van der Waals surface area contributed by atoms with Gasteiger partial charge in [0, 0.05) is 34.2 Å². The van der Waals surface area contributed by atoms with E-state index in [1.165, 1.54) is 39.5 Å². The highest BCUT2D eigenvalue weighted by Gasteiger charge is 2.21. The smallest absolute Gasteiger partial charge is 0.338 e. The number of fused-ring (bicyclic) bond motifs is 4. The monoisotopic (exact) mass is 393 g/mol. The van der Waals surface area contributed by atoms with Crippen molar-refractivity contribution in [2.24, 2.45) is 5.92 Å². The largest absolute Gasteiger partial charge is 0.456 e. The van der Waals surface area contributed by atoms with Crippen molar-refractivity contribution in [3.05, 3.63) is 68.7 Å². The summed E-state index contributed by atoms with van der Waals surface area (Å²) in [5.41, 5.74) is 4.46. The average Bonchev–Trinajstić information content (AvgIpc) is 3.30. The number of esters is 1. The molecule has 6 nitrogen and oxygen atoms in total. The van der Waals surface area contributed by atoms with Crippen LogP contribution in [0.5, 0.6) is 0 Å². The zero-order valence-electron chi connectivity index (χ0n) is 15.4. The molecule has 0 radical (unpaired) electrons. The fourth-order valence-corrected chi connectivity index (χ4v) is 4.64. The van der Waals surface area contributed by atoms with E-state index in [1.54, 1.807) is 17.6 Å². The first-order chi connectivity index (χ1) is 13.6. The van der Waals surface area contributed by atoms with Crippen molar-refractivity contribution in [1.82, 2.24) is 14.4 Å². The third-order valence-corrected chi connectivity index (χ3v) is 6.13. The highest BCUT2D eigenvalue weighted by Crippen LogP contribution is 2.32. The molecule has 0 saturated carbocycles. The van der Waals surface area contributed by atoms with Crippen LogP contribution < -0.4 is 5.56 Å². The number of carbonyl (C=O) groups excluding carboxylic acids is 1. The molecule has 1 aromatic carbocycles. The van der Waals surface area contributed by atoms with Gasteiger partial charge in [0.15, 0.2) is 4.96 Å². The van der Waals surface area contributed by atoms with Crippen molar-refractivity contribution < 1.29 is 9.53 Å². The zero-order valence-corrected chi connectivity index (χ0v) is 16.2. The third kappa shape index (κ3) is 2.92. The van der Waals surface area contributed by atoms with Crippen LogP contribution in [0.25, 0.3) is 15.9 Å². The van der Waals surface area contributed by atoms with Crippen LogP contribution >= 0.6 is 11.3 Å². The fraction of sp³-hybridized carbons (Fsp3) is 0.286. The molecule has 5 rings (SSSR count). The maximum atomic E-state index is 12.6. The van der Waals surface area contributed by atoms with E-state index in [1.807, 2.05) is 12.1 Å². The highest BCUT2D eigenvalue weighted by atomic mass is 32.1. The van der Waals surface area contributed by atoms with Gasteiger partial charge >= 0.3 is 5.97 Å². The minimum atomic E-state index is -0.408. The molecule has 0 spiro atoms. The number of aromatic amines is 1. The van der Waals surface area contributed by atoms with Crippen LogP contribution in [0.3, 0.4) is 0 Å². The zero-order chi connectivity index (χ0) is 19.3. The van der Waals surface area contributed by atoms with Gasteiger partial charge in [-0.1, -0.05) is 6.92 Å². The van der Waals surface area contributed by atoms with Crippen LogP contribution in [0.2, 0.25) is 0 Å². The Bertz CT molecular complexity index is 1270. The summed E-state index contributed by atoms with van der Waals surface area (Å²) in [6, 6.07) is 7.04. The minimum Gasteiger partial charge on any atom is -0.456 e. The van der Waals surface area contributed by atoms with Gasteiger partial charge in [-0.05, 0) is 48.9 Å². The molecule has 1 unspecified atom stereocenters. The van der Waals surface area contributed by atoms with Crippen molar-refractivity contribution in [3.8, 4) is 0 Å².